The first-order chi connectivity index (χ1) is 22.2. The lowest BCUT2D eigenvalue weighted by molar-refractivity contribution is 0.101. The molecular weight excluding hydrogens is 576 g/mol. The number of hydrogen-bond donors (Lipinski definition) is 2. The van der Waals surface area contributed by atoms with Gasteiger partial charge in [0, 0.05) is 61.1 Å². The third-order valence-electron chi connectivity index (χ3n) is 7.84. The van der Waals surface area contributed by atoms with E-state index in [1.807, 2.05) is 111 Å². The first-order valence-corrected chi connectivity index (χ1v) is 14.7. The highest BCUT2D eigenvalue weighted by atomic mass is 16.2. The van der Waals surface area contributed by atoms with Crippen LogP contribution in [0, 0.1) is 0 Å². The summed E-state index contributed by atoms with van der Waals surface area (Å²) in [5.41, 5.74) is 5.82. The Bertz CT molecular complexity index is 2170. The molecule has 0 atom stereocenters. The molecule has 10 nitrogen and oxygen atoms in total. The molecule has 0 aliphatic heterocycles. The zero-order chi connectivity index (χ0) is 31.9. The minimum absolute atomic E-state index is 0.210. The van der Waals surface area contributed by atoms with Gasteiger partial charge in [0.2, 0.25) is 0 Å². The molecule has 0 saturated carbocycles. The minimum Gasteiger partial charge on any atom is -0.377 e. The van der Waals surface area contributed by atoms with Crippen molar-refractivity contribution in [1.29, 1.82) is 0 Å². The van der Waals surface area contributed by atoms with Crippen molar-refractivity contribution in [3.8, 4) is 0 Å². The van der Waals surface area contributed by atoms with Gasteiger partial charge in [0.25, 0.3) is 11.8 Å². The molecule has 2 N–H and O–H groups in total. The van der Waals surface area contributed by atoms with Crippen molar-refractivity contribution in [2.45, 2.75) is 0 Å². The Kier molecular flexibility index (Phi) is 7.09. The second kappa shape index (κ2) is 11.4. The number of pyridine rings is 4. The number of aromatic nitrogens is 4. The highest BCUT2D eigenvalue weighted by Crippen LogP contribution is 2.35. The molecule has 4 aromatic heterocycles. The van der Waals surface area contributed by atoms with Gasteiger partial charge in [-0.1, -0.05) is 36.4 Å². The van der Waals surface area contributed by atoms with Gasteiger partial charge in [0.1, 0.15) is 11.4 Å². The van der Waals surface area contributed by atoms with Crippen LogP contribution < -0.4 is 20.4 Å². The molecular formula is C36H30N8O2. The number of nitrogens with one attached hydrogen (secondary N) is 2. The topological polar surface area (TPSA) is 116 Å². The van der Waals surface area contributed by atoms with Crippen LogP contribution in [0.15, 0.2) is 97.3 Å². The molecule has 0 unspecified atom stereocenters. The Hall–Kier alpha value is -6.16. The standard InChI is InChI=1S/C36H30N8O2/c1-43(2)31-17-29(35(45)39-23-15-21-9-5-7-11-27(21)37-19-23)41-33-25(31)13-14-26-32(44(3)4)18-30(42-34(26)33)36(46)40-24-16-22-10-6-8-12-28(22)38-20-24/h5-20H,1-4H3,(H,39,45)(H,40,46). The van der Waals surface area contributed by atoms with E-state index in [-0.39, 0.29) is 23.2 Å². The first kappa shape index (κ1) is 28.6. The average molecular weight is 607 g/mol. The summed E-state index contributed by atoms with van der Waals surface area (Å²) in [4.78, 5) is 49.7. The van der Waals surface area contributed by atoms with E-state index < -0.39 is 0 Å². The van der Waals surface area contributed by atoms with Crippen molar-refractivity contribution in [3.63, 3.8) is 0 Å². The van der Waals surface area contributed by atoms with Crippen molar-refractivity contribution < 1.29 is 9.59 Å². The second-order valence-electron chi connectivity index (χ2n) is 11.4. The number of amides is 2. The SMILES string of the molecule is CN(C)c1cc(C(=O)Nc2cnc3ccccc3c2)nc2c1ccc1c(N(C)C)cc(C(=O)Nc3cnc4ccccc4c3)nc12. The number of benzene rings is 3. The summed E-state index contributed by atoms with van der Waals surface area (Å²) >= 11 is 0. The van der Waals surface area contributed by atoms with Crippen LogP contribution in [0.2, 0.25) is 0 Å². The highest BCUT2D eigenvalue weighted by Gasteiger charge is 2.20. The van der Waals surface area contributed by atoms with E-state index in [4.69, 9.17) is 9.97 Å². The van der Waals surface area contributed by atoms with Crippen LogP contribution in [0.4, 0.5) is 22.7 Å². The molecule has 0 radical (unpaired) electrons. The molecule has 7 rings (SSSR count). The van der Waals surface area contributed by atoms with E-state index in [0.29, 0.717) is 22.4 Å². The Morgan fingerprint density at radius 2 is 0.978 bits per heavy atom. The molecule has 226 valence electrons. The van der Waals surface area contributed by atoms with E-state index in [1.165, 1.54) is 0 Å². The molecule has 4 heterocycles. The van der Waals surface area contributed by atoms with Crippen molar-refractivity contribution in [3.05, 3.63) is 109 Å². The third kappa shape index (κ3) is 5.26. The number of fused-ring (bicyclic) bond motifs is 5. The van der Waals surface area contributed by atoms with Gasteiger partial charge in [0.05, 0.1) is 45.8 Å². The van der Waals surface area contributed by atoms with Crippen molar-refractivity contribution in [1.82, 2.24) is 19.9 Å². The Balaban J connectivity index is 1.33. The van der Waals surface area contributed by atoms with Crippen molar-refractivity contribution in [2.75, 3.05) is 48.6 Å². The number of anilines is 4. The summed E-state index contributed by atoms with van der Waals surface area (Å²) in [6.07, 6.45) is 3.26. The summed E-state index contributed by atoms with van der Waals surface area (Å²) in [5.74, 6) is -0.769. The largest absolute Gasteiger partial charge is 0.377 e. The van der Waals surface area contributed by atoms with E-state index in [0.717, 1.165) is 44.0 Å². The second-order valence-corrected chi connectivity index (χ2v) is 11.4. The maximum absolute atomic E-state index is 13.6. The van der Waals surface area contributed by atoms with Gasteiger partial charge in [-0.15, -0.1) is 0 Å². The summed E-state index contributed by atoms with van der Waals surface area (Å²) in [6, 6.07) is 26.7. The summed E-state index contributed by atoms with van der Waals surface area (Å²) in [6.45, 7) is 0. The van der Waals surface area contributed by atoms with Gasteiger partial charge in [-0.3, -0.25) is 19.6 Å². The van der Waals surface area contributed by atoms with E-state index in [9.17, 15) is 9.59 Å². The van der Waals surface area contributed by atoms with Gasteiger partial charge in [-0.25, -0.2) is 9.97 Å². The van der Waals surface area contributed by atoms with Gasteiger partial charge < -0.3 is 20.4 Å². The van der Waals surface area contributed by atoms with Crippen LogP contribution in [-0.2, 0) is 0 Å². The van der Waals surface area contributed by atoms with Crippen LogP contribution in [0.1, 0.15) is 21.0 Å². The molecule has 0 fully saturated rings. The third-order valence-corrected chi connectivity index (χ3v) is 7.84. The molecule has 10 heteroatoms. The van der Waals surface area contributed by atoms with Crippen LogP contribution in [0.25, 0.3) is 43.6 Å². The fourth-order valence-corrected chi connectivity index (χ4v) is 5.58. The maximum atomic E-state index is 13.6. The first-order valence-electron chi connectivity index (χ1n) is 14.7. The zero-order valence-corrected chi connectivity index (χ0v) is 25.7. The lowest BCUT2D eigenvalue weighted by Gasteiger charge is -2.20. The van der Waals surface area contributed by atoms with Gasteiger partial charge in [0.15, 0.2) is 0 Å². The average Bonchev–Trinajstić information content (AvgIpc) is 3.06. The lowest BCUT2D eigenvalue weighted by Crippen LogP contribution is -2.18. The van der Waals surface area contributed by atoms with E-state index in [2.05, 4.69) is 20.6 Å². The highest BCUT2D eigenvalue weighted by molar-refractivity contribution is 6.15. The van der Waals surface area contributed by atoms with Crippen molar-refractivity contribution >= 4 is 78.2 Å². The van der Waals surface area contributed by atoms with Gasteiger partial charge in [-0.05, 0) is 48.5 Å². The molecule has 0 bridgehead atoms. The number of hydrogen-bond acceptors (Lipinski definition) is 8. The number of nitrogens with zero attached hydrogens (tertiary/aromatic N) is 6. The van der Waals surface area contributed by atoms with Crippen LogP contribution in [0.3, 0.4) is 0 Å². The van der Waals surface area contributed by atoms with E-state index in [1.54, 1.807) is 24.5 Å². The molecule has 0 aliphatic rings. The fourth-order valence-electron chi connectivity index (χ4n) is 5.58. The lowest BCUT2D eigenvalue weighted by atomic mass is 10.0. The predicted molar refractivity (Wildman–Crippen MR) is 185 cm³/mol. The Morgan fingerprint density at radius 3 is 1.39 bits per heavy atom. The molecule has 2 amide bonds. The van der Waals surface area contributed by atoms with Crippen LogP contribution >= 0.6 is 0 Å². The normalized spacial score (nSPS) is 11.2. The summed E-state index contributed by atoms with van der Waals surface area (Å²) < 4.78 is 0. The molecule has 0 aliphatic carbocycles. The molecule has 3 aromatic carbocycles. The van der Waals surface area contributed by atoms with Crippen LogP contribution in [0.5, 0.6) is 0 Å². The molecule has 0 saturated heterocycles. The smallest absolute Gasteiger partial charge is 0.274 e. The zero-order valence-electron chi connectivity index (χ0n) is 25.7. The summed E-state index contributed by atoms with van der Waals surface area (Å²) in [7, 11) is 7.64. The van der Waals surface area contributed by atoms with Crippen LogP contribution in [-0.4, -0.2) is 59.9 Å². The molecule has 7 aromatic rings. The summed E-state index contributed by atoms with van der Waals surface area (Å²) in [5, 5.41) is 9.32. The molecule has 0 spiro atoms. The van der Waals surface area contributed by atoms with Gasteiger partial charge in [-0.2, -0.15) is 0 Å². The van der Waals surface area contributed by atoms with Gasteiger partial charge >= 0.3 is 0 Å². The number of para-hydroxylation sites is 2. The van der Waals surface area contributed by atoms with Crippen molar-refractivity contribution in [2.24, 2.45) is 0 Å². The minimum atomic E-state index is -0.385. The predicted octanol–water partition coefficient (Wildman–Crippen LogP) is 6.52. The Labute approximate surface area is 264 Å². The van der Waals surface area contributed by atoms with E-state index >= 15 is 0 Å². The fraction of sp³-hybridized carbons (Fsp3) is 0.111. The quantitative estimate of drug-likeness (QED) is 0.206. The Morgan fingerprint density at radius 1 is 0.565 bits per heavy atom. The number of rotatable bonds is 6. The molecule has 46 heavy (non-hydrogen) atoms. The number of carbonyl (C=O) groups is 2. The maximum Gasteiger partial charge on any atom is 0.274 e. The monoisotopic (exact) mass is 606 g/mol. The number of carbonyl (C=O) groups excluding carboxylic acids is 2.